The fourth-order valence-electron chi connectivity index (χ4n) is 3.22. The molecule has 2 nitrogen and oxygen atoms in total. The Morgan fingerprint density at radius 1 is 1.17 bits per heavy atom. The van der Waals surface area contributed by atoms with Crippen molar-refractivity contribution in [2.24, 2.45) is 0 Å². The van der Waals surface area contributed by atoms with E-state index in [-0.39, 0.29) is 12.3 Å². The van der Waals surface area contributed by atoms with Crippen LogP contribution in [-0.4, -0.2) is 12.5 Å². The SMILES string of the molecule is Cc1cccc2c1N(C(=O)Cc1cccc(C(F)(F)F)c1)CCC2. The Morgan fingerprint density at radius 2 is 1.92 bits per heavy atom. The molecule has 1 heterocycles. The summed E-state index contributed by atoms with van der Waals surface area (Å²) in [6.07, 6.45) is -2.64. The number of hydrogen-bond acceptors (Lipinski definition) is 1. The van der Waals surface area contributed by atoms with Crippen LogP contribution >= 0.6 is 0 Å². The average Bonchev–Trinajstić information content (AvgIpc) is 2.54. The van der Waals surface area contributed by atoms with E-state index in [1.54, 1.807) is 11.0 Å². The number of aryl methyl sites for hydroxylation is 2. The fourth-order valence-corrected chi connectivity index (χ4v) is 3.22. The van der Waals surface area contributed by atoms with E-state index in [0.29, 0.717) is 12.1 Å². The molecule has 0 saturated carbocycles. The Morgan fingerprint density at radius 3 is 2.67 bits per heavy atom. The molecule has 5 heteroatoms. The Hall–Kier alpha value is -2.30. The van der Waals surface area contributed by atoms with Gasteiger partial charge in [-0.2, -0.15) is 13.2 Å². The van der Waals surface area contributed by atoms with Gasteiger partial charge in [-0.05, 0) is 42.5 Å². The predicted octanol–water partition coefficient (Wildman–Crippen LogP) is 4.54. The summed E-state index contributed by atoms with van der Waals surface area (Å²) in [6.45, 7) is 2.56. The molecule has 0 aliphatic carbocycles. The van der Waals surface area contributed by atoms with Gasteiger partial charge in [-0.1, -0.05) is 36.4 Å². The Bertz CT molecular complexity index is 767. The van der Waals surface area contributed by atoms with E-state index < -0.39 is 11.7 Å². The smallest absolute Gasteiger partial charge is 0.312 e. The summed E-state index contributed by atoms with van der Waals surface area (Å²) >= 11 is 0. The Labute approximate surface area is 138 Å². The van der Waals surface area contributed by atoms with Gasteiger partial charge in [-0.15, -0.1) is 0 Å². The molecule has 0 aromatic heterocycles. The topological polar surface area (TPSA) is 20.3 Å². The van der Waals surface area contributed by atoms with Crippen molar-refractivity contribution in [1.29, 1.82) is 0 Å². The molecular weight excluding hydrogens is 315 g/mol. The largest absolute Gasteiger partial charge is 0.416 e. The molecule has 3 rings (SSSR count). The molecule has 0 saturated heterocycles. The van der Waals surface area contributed by atoms with Gasteiger partial charge >= 0.3 is 6.18 Å². The maximum absolute atomic E-state index is 12.8. The molecule has 0 N–H and O–H groups in total. The van der Waals surface area contributed by atoms with E-state index in [0.717, 1.165) is 41.8 Å². The average molecular weight is 333 g/mol. The molecular formula is C19H18F3NO. The zero-order valence-corrected chi connectivity index (χ0v) is 13.4. The molecule has 2 aromatic carbocycles. The van der Waals surface area contributed by atoms with E-state index in [1.165, 1.54) is 6.07 Å². The zero-order valence-electron chi connectivity index (χ0n) is 13.4. The molecule has 1 amide bonds. The number of amides is 1. The van der Waals surface area contributed by atoms with Crippen LogP contribution in [0.25, 0.3) is 0 Å². The predicted molar refractivity (Wildman–Crippen MR) is 87.0 cm³/mol. The summed E-state index contributed by atoms with van der Waals surface area (Å²) in [5.41, 5.74) is 2.72. The lowest BCUT2D eigenvalue weighted by Gasteiger charge is -2.31. The van der Waals surface area contributed by atoms with Gasteiger partial charge in [-0.25, -0.2) is 0 Å². The van der Waals surface area contributed by atoms with Crippen LogP contribution < -0.4 is 4.90 Å². The molecule has 24 heavy (non-hydrogen) atoms. The summed E-state index contributed by atoms with van der Waals surface area (Å²) < 4.78 is 38.4. The van der Waals surface area contributed by atoms with Crippen LogP contribution in [0.3, 0.4) is 0 Å². The highest BCUT2D eigenvalue weighted by Crippen LogP contribution is 2.32. The molecule has 0 spiro atoms. The maximum Gasteiger partial charge on any atom is 0.416 e. The molecule has 0 fully saturated rings. The van der Waals surface area contributed by atoms with Gasteiger partial charge in [0.25, 0.3) is 0 Å². The molecule has 1 aliphatic heterocycles. The van der Waals surface area contributed by atoms with Crippen molar-refractivity contribution in [2.45, 2.75) is 32.4 Å². The first-order valence-corrected chi connectivity index (χ1v) is 7.91. The summed E-state index contributed by atoms with van der Waals surface area (Å²) in [5.74, 6) is -0.162. The van der Waals surface area contributed by atoms with Gasteiger partial charge in [0.1, 0.15) is 0 Å². The number of alkyl halides is 3. The number of carbonyl (C=O) groups excluding carboxylic acids is 1. The van der Waals surface area contributed by atoms with Crippen LogP contribution in [0.5, 0.6) is 0 Å². The number of para-hydroxylation sites is 1. The lowest BCUT2D eigenvalue weighted by molar-refractivity contribution is -0.137. The highest BCUT2D eigenvalue weighted by molar-refractivity contribution is 5.96. The van der Waals surface area contributed by atoms with Gasteiger partial charge in [0, 0.05) is 12.2 Å². The second-order valence-electron chi connectivity index (χ2n) is 6.11. The van der Waals surface area contributed by atoms with E-state index in [2.05, 4.69) is 0 Å². The number of nitrogens with zero attached hydrogens (tertiary/aromatic N) is 1. The van der Waals surface area contributed by atoms with Crippen molar-refractivity contribution in [1.82, 2.24) is 0 Å². The monoisotopic (exact) mass is 333 g/mol. The van der Waals surface area contributed by atoms with Gasteiger partial charge in [0.2, 0.25) is 5.91 Å². The molecule has 0 radical (unpaired) electrons. The molecule has 126 valence electrons. The van der Waals surface area contributed by atoms with Crippen LogP contribution in [0, 0.1) is 6.92 Å². The van der Waals surface area contributed by atoms with Crippen LogP contribution in [0.4, 0.5) is 18.9 Å². The lowest BCUT2D eigenvalue weighted by Crippen LogP contribution is -2.37. The van der Waals surface area contributed by atoms with Crippen molar-refractivity contribution >= 4 is 11.6 Å². The summed E-state index contributed by atoms with van der Waals surface area (Å²) in [5, 5.41) is 0. The molecule has 0 atom stereocenters. The molecule has 0 bridgehead atoms. The first-order chi connectivity index (χ1) is 11.4. The Kier molecular flexibility index (Phi) is 4.35. The zero-order chi connectivity index (χ0) is 17.3. The number of anilines is 1. The third-order valence-corrected chi connectivity index (χ3v) is 4.33. The third-order valence-electron chi connectivity index (χ3n) is 4.33. The first-order valence-electron chi connectivity index (χ1n) is 7.91. The highest BCUT2D eigenvalue weighted by atomic mass is 19.4. The fraction of sp³-hybridized carbons (Fsp3) is 0.316. The number of benzene rings is 2. The van der Waals surface area contributed by atoms with E-state index in [9.17, 15) is 18.0 Å². The van der Waals surface area contributed by atoms with Crippen LogP contribution in [-0.2, 0) is 23.8 Å². The van der Waals surface area contributed by atoms with E-state index >= 15 is 0 Å². The lowest BCUT2D eigenvalue weighted by atomic mass is 9.97. The van der Waals surface area contributed by atoms with Crippen molar-refractivity contribution < 1.29 is 18.0 Å². The van der Waals surface area contributed by atoms with Crippen molar-refractivity contribution in [2.75, 3.05) is 11.4 Å². The van der Waals surface area contributed by atoms with Crippen LogP contribution in [0.1, 0.15) is 28.7 Å². The third kappa shape index (κ3) is 3.30. The first kappa shape index (κ1) is 16.6. The van der Waals surface area contributed by atoms with Crippen LogP contribution in [0.15, 0.2) is 42.5 Å². The number of carbonyl (C=O) groups is 1. The minimum atomic E-state index is -4.40. The molecule has 2 aromatic rings. The summed E-state index contributed by atoms with van der Waals surface area (Å²) in [4.78, 5) is 14.4. The number of hydrogen-bond donors (Lipinski definition) is 0. The minimum absolute atomic E-state index is 0.0301. The van der Waals surface area contributed by atoms with Crippen molar-refractivity contribution in [3.63, 3.8) is 0 Å². The van der Waals surface area contributed by atoms with Crippen LogP contribution in [0.2, 0.25) is 0 Å². The Balaban J connectivity index is 1.85. The number of rotatable bonds is 2. The van der Waals surface area contributed by atoms with Gasteiger partial charge in [-0.3, -0.25) is 4.79 Å². The van der Waals surface area contributed by atoms with Crippen molar-refractivity contribution in [3.8, 4) is 0 Å². The van der Waals surface area contributed by atoms with Gasteiger partial charge in [0.15, 0.2) is 0 Å². The number of fused-ring (bicyclic) bond motifs is 1. The molecule has 0 unspecified atom stereocenters. The minimum Gasteiger partial charge on any atom is -0.312 e. The normalized spacial score (nSPS) is 14.4. The standard InChI is InChI=1S/C19H18F3NO/c1-13-5-2-7-15-8-4-10-23(18(13)15)17(24)12-14-6-3-9-16(11-14)19(20,21)22/h2-3,5-7,9,11H,4,8,10,12H2,1H3. The summed E-state index contributed by atoms with van der Waals surface area (Å²) in [6, 6.07) is 10.9. The second kappa shape index (κ2) is 6.30. The summed E-state index contributed by atoms with van der Waals surface area (Å²) in [7, 11) is 0. The highest BCUT2D eigenvalue weighted by Gasteiger charge is 2.31. The number of halogens is 3. The second-order valence-corrected chi connectivity index (χ2v) is 6.11. The van der Waals surface area contributed by atoms with Crippen molar-refractivity contribution in [3.05, 3.63) is 64.7 Å². The maximum atomic E-state index is 12.8. The quantitative estimate of drug-likeness (QED) is 0.790. The molecule has 1 aliphatic rings. The van der Waals surface area contributed by atoms with E-state index in [1.807, 2.05) is 25.1 Å². The van der Waals surface area contributed by atoms with Gasteiger partial charge < -0.3 is 4.90 Å². The van der Waals surface area contributed by atoms with E-state index in [4.69, 9.17) is 0 Å². The van der Waals surface area contributed by atoms with Gasteiger partial charge in [0.05, 0.1) is 12.0 Å².